The van der Waals surface area contributed by atoms with Gasteiger partial charge in [0.2, 0.25) is 5.91 Å². The van der Waals surface area contributed by atoms with Crippen molar-refractivity contribution in [1.82, 2.24) is 0 Å². The number of rotatable bonds is 2. The highest BCUT2D eigenvalue weighted by Crippen LogP contribution is 2.34. The molecule has 1 rings (SSSR count). The number of carbonyl (C=O) groups excluding carboxylic acids is 1. The minimum atomic E-state index is -1.42. The second kappa shape index (κ2) is 2.42. The number of alkyl halides is 1. The summed E-state index contributed by atoms with van der Waals surface area (Å²) in [5.41, 5.74) is 9.11. The van der Waals surface area contributed by atoms with E-state index in [4.69, 9.17) is 16.6 Å². The predicted molar refractivity (Wildman–Crippen MR) is 36.2 cm³/mol. The maximum absolute atomic E-state index is 12.3. The zero-order chi connectivity index (χ0) is 8.65. The van der Waals surface area contributed by atoms with Crippen LogP contribution in [0.25, 0.3) is 0 Å². The molecule has 11 heavy (non-hydrogen) atoms. The fourth-order valence-electron chi connectivity index (χ4n) is 1.27. The summed E-state index contributed by atoms with van der Waals surface area (Å²) in [6, 6.07) is 0. The first-order valence-corrected chi connectivity index (χ1v) is 3.36. The third-order valence-corrected chi connectivity index (χ3v) is 2.02. The Kier molecular flexibility index (Phi) is 1.85. The zero-order valence-electron chi connectivity index (χ0n) is 5.96. The third-order valence-electron chi connectivity index (χ3n) is 2.02. The van der Waals surface area contributed by atoms with Crippen LogP contribution in [0, 0.1) is 0 Å². The number of nitrogens with two attached hydrogens (primary N) is 2. The number of carbonyl (C=O) groups is 1. The highest BCUT2D eigenvalue weighted by molar-refractivity contribution is 5.80. The van der Waals surface area contributed by atoms with E-state index in [1.807, 2.05) is 0 Å². The molecule has 5 heteroatoms. The first kappa shape index (κ1) is 8.42. The van der Waals surface area contributed by atoms with Crippen molar-refractivity contribution in [1.29, 1.82) is 0 Å². The molecule has 1 unspecified atom stereocenters. The van der Waals surface area contributed by atoms with Gasteiger partial charge < -0.3 is 16.6 Å². The van der Waals surface area contributed by atoms with E-state index in [0.717, 1.165) is 0 Å². The average molecular weight is 162 g/mol. The maximum Gasteiger partial charge on any atom is 0.248 e. The number of hydrogen-bond acceptors (Lipinski definition) is 3. The molecule has 1 aliphatic carbocycles. The number of halogens is 1. The van der Waals surface area contributed by atoms with Crippen LogP contribution < -0.4 is 11.5 Å². The Morgan fingerprint density at radius 1 is 1.73 bits per heavy atom. The van der Waals surface area contributed by atoms with Crippen LogP contribution in [0.15, 0.2) is 0 Å². The summed E-state index contributed by atoms with van der Waals surface area (Å²) >= 11 is 0. The molecule has 1 atom stereocenters. The Morgan fingerprint density at radius 3 is 2.45 bits per heavy atom. The molecule has 1 saturated carbocycles. The van der Waals surface area contributed by atoms with Crippen LogP contribution in [0.2, 0.25) is 0 Å². The third kappa shape index (κ3) is 1.34. The highest BCUT2D eigenvalue weighted by atomic mass is 19.1. The summed E-state index contributed by atoms with van der Waals surface area (Å²) in [6.07, 6.45) is -2.41. The largest absolute Gasteiger partial charge is 0.381 e. The molecule has 0 spiro atoms. The van der Waals surface area contributed by atoms with Crippen molar-refractivity contribution < 1.29 is 14.3 Å². The van der Waals surface area contributed by atoms with Crippen molar-refractivity contribution in [3.63, 3.8) is 0 Å². The lowest BCUT2D eigenvalue weighted by Gasteiger charge is -2.42. The van der Waals surface area contributed by atoms with Gasteiger partial charge in [-0.15, -0.1) is 0 Å². The van der Waals surface area contributed by atoms with Crippen molar-refractivity contribution in [2.45, 2.75) is 30.7 Å². The molecule has 1 aliphatic rings. The Hall–Kier alpha value is -0.680. The molecule has 1 amide bonds. The molecule has 0 aromatic rings. The minimum Gasteiger partial charge on any atom is -0.381 e. The van der Waals surface area contributed by atoms with Gasteiger partial charge >= 0.3 is 0 Å². The van der Waals surface area contributed by atoms with Crippen LogP contribution in [0.1, 0.15) is 12.8 Å². The molecule has 0 heterocycles. The predicted octanol–water partition coefficient (Wildman–Crippen LogP) is -1.34. The van der Waals surface area contributed by atoms with Crippen LogP contribution in [0.5, 0.6) is 0 Å². The number of aliphatic hydroxyl groups is 1. The maximum atomic E-state index is 12.3. The molecule has 4 nitrogen and oxygen atoms in total. The fourth-order valence-corrected chi connectivity index (χ4v) is 1.27. The molecule has 5 N–H and O–H groups in total. The van der Waals surface area contributed by atoms with Crippen molar-refractivity contribution >= 4 is 5.91 Å². The van der Waals surface area contributed by atoms with E-state index < -0.39 is 23.7 Å². The second-order valence-electron chi connectivity index (χ2n) is 3.04. The van der Waals surface area contributed by atoms with Crippen molar-refractivity contribution in [2.75, 3.05) is 0 Å². The molecule has 1 fully saturated rings. The van der Waals surface area contributed by atoms with Gasteiger partial charge in [-0.1, -0.05) is 0 Å². The quantitative estimate of drug-likeness (QED) is 0.469. The smallest absolute Gasteiger partial charge is 0.248 e. The van der Waals surface area contributed by atoms with E-state index >= 15 is 0 Å². The van der Waals surface area contributed by atoms with Crippen LogP contribution in [-0.4, -0.2) is 28.8 Å². The number of amides is 1. The molecule has 0 aliphatic heterocycles. The van der Waals surface area contributed by atoms with Crippen LogP contribution >= 0.6 is 0 Å². The van der Waals surface area contributed by atoms with Gasteiger partial charge in [0.25, 0.3) is 0 Å². The average Bonchev–Trinajstić information content (AvgIpc) is 1.83. The van der Waals surface area contributed by atoms with E-state index in [9.17, 15) is 9.18 Å². The minimum absolute atomic E-state index is 0.0110. The zero-order valence-corrected chi connectivity index (χ0v) is 5.96. The van der Waals surface area contributed by atoms with Gasteiger partial charge in [-0.25, -0.2) is 4.39 Å². The van der Waals surface area contributed by atoms with Gasteiger partial charge in [0.1, 0.15) is 6.17 Å². The van der Waals surface area contributed by atoms with E-state index in [1.165, 1.54) is 0 Å². The Balaban J connectivity index is 2.54. The van der Waals surface area contributed by atoms with Gasteiger partial charge in [0.05, 0.1) is 5.54 Å². The lowest BCUT2D eigenvalue weighted by molar-refractivity contribution is -0.133. The Morgan fingerprint density at radius 2 is 2.18 bits per heavy atom. The second-order valence-corrected chi connectivity index (χ2v) is 3.04. The molecule has 64 valence electrons. The topological polar surface area (TPSA) is 89.3 Å². The number of aliphatic hydroxyl groups excluding tert-OH is 1. The van der Waals surface area contributed by atoms with Crippen LogP contribution in [-0.2, 0) is 4.79 Å². The SMILES string of the molecule is NC(=O)C(O)C1(N)CC(F)C1. The van der Waals surface area contributed by atoms with Crippen LogP contribution in [0.3, 0.4) is 0 Å². The number of hydrogen-bond donors (Lipinski definition) is 3. The lowest BCUT2D eigenvalue weighted by atomic mass is 9.72. The summed E-state index contributed by atoms with van der Waals surface area (Å²) in [4.78, 5) is 10.4. The number of primary amides is 1. The molecular formula is C6H11FN2O2. The first-order chi connectivity index (χ1) is 4.96. The summed E-state index contributed by atoms with van der Waals surface area (Å²) in [5.74, 6) is -0.889. The van der Waals surface area contributed by atoms with Gasteiger partial charge in [-0.05, 0) is 12.8 Å². The standard InChI is InChI=1S/C6H11FN2O2/c7-3-1-6(9,2-3)4(10)5(8)11/h3-4,10H,1-2,9H2,(H2,8,11). The lowest BCUT2D eigenvalue weighted by Crippen LogP contribution is -2.64. The van der Waals surface area contributed by atoms with Gasteiger partial charge in [0, 0.05) is 0 Å². The summed E-state index contributed by atoms with van der Waals surface area (Å²) in [5, 5.41) is 9.06. The van der Waals surface area contributed by atoms with Crippen molar-refractivity contribution in [3.8, 4) is 0 Å². The summed E-state index contributed by atoms with van der Waals surface area (Å²) in [6.45, 7) is 0. The van der Waals surface area contributed by atoms with E-state index in [2.05, 4.69) is 0 Å². The summed E-state index contributed by atoms with van der Waals surface area (Å²) < 4.78 is 12.3. The van der Waals surface area contributed by atoms with Crippen LogP contribution in [0.4, 0.5) is 4.39 Å². The van der Waals surface area contributed by atoms with Gasteiger partial charge in [0.15, 0.2) is 6.10 Å². The molecule has 0 radical (unpaired) electrons. The fraction of sp³-hybridized carbons (Fsp3) is 0.833. The Bertz CT molecular complexity index is 179. The van der Waals surface area contributed by atoms with E-state index in [1.54, 1.807) is 0 Å². The Labute approximate surface area is 63.4 Å². The van der Waals surface area contributed by atoms with E-state index in [-0.39, 0.29) is 12.8 Å². The van der Waals surface area contributed by atoms with Gasteiger partial charge in [-0.2, -0.15) is 0 Å². The highest BCUT2D eigenvalue weighted by Gasteiger charge is 2.48. The molecule has 0 aromatic heterocycles. The molecular weight excluding hydrogens is 151 g/mol. The molecule has 0 saturated heterocycles. The normalized spacial score (nSPS) is 39.4. The van der Waals surface area contributed by atoms with Crippen molar-refractivity contribution in [2.24, 2.45) is 11.5 Å². The monoisotopic (exact) mass is 162 g/mol. The van der Waals surface area contributed by atoms with E-state index in [0.29, 0.717) is 0 Å². The van der Waals surface area contributed by atoms with Crippen molar-refractivity contribution in [3.05, 3.63) is 0 Å². The molecule has 0 bridgehead atoms. The molecule has 0 aromatic carbocycles. The van der Waals surface area contributed by atoms with Gasteiger partial charge in [-0.3, -0.25) is 4.79 Å². The summed E-state index contributed by atoms with van der Waals surface area (Å²) in [7, 11) is 0. The first-order valence-electron chi connectivity index (χ1n) is 3.36.